The third kappa shape index (κ3) is 6.57. The summed E-state index contributed by atoms with van der Waals surface area (Å²) in [5.41, 5.74) is 3.12. The average molecular weight is 572 g/mol. The zero-order chi connectivity index (χ0) is 28.8. The number of carbonyl (C=O) groups is 2. The molecule has 1 atom stereocenters. The number of rotatable bonds is 11. The van der Waals surface area contributed by atoms with Gasteiger partial charge in [0.25, 0.3) is 5.91 Å². The molecule has 1 N–H and O–H groups in total. The first-order valence-corrected chi connectivity index (χ1v) is 15.5. The fraction of sp³-hybridized carbons (Fsp3) is 0.281. The molecule has 1 heterocycles. The number of carbonyl (C=O) groups excluding carboxylic acids is 2. The number of hydrogen-bond donors (Lipinski definition) is 1. The van der Waals surface area contributed by atoms with Crippen molar-refractivity contribution in [3.05, 3.63) is 113 Å². The van der Waals surface area contributed by atoms with Gasteiger partial charge in [-0.15, -0.1) is 0 Å². The number of nitrogens with one attached hydrogen (secondary N) is 1. The molecule has 1 aliphatic carbocycles. The van der Waals surface area contributed by atoms with E-state index in [1.54, 1.807) is 24.7 Å². The molecular formula is C32H33N3O5S. The van der Waals surface area contributed by atoms with Crippen molar-refractivity contribution in [2.45, 2.75) is 55.9 Å². The summed E-state index contributed by atoms with van der Waals surface area (Å²) in [4.78, 5) is 29.3. The number of fused-ring (bicyclic) bond motifs is 1. The van der Waals surface area contributed by atoms with Crippen LogP contribution in [0.1, 0.15) is 69.7 Å². The van der Waals surface area contributed by atoms with Gasteiger partial charge in [-0.05, 0) is 66.8 Å². The van der Waals surface area contributed by atoms with Gasteiger partial charge in [-0.2, -0.15) is 0 Å². The van der Waals surface area contributed by atoms with Crippen LogP contribution in [0.5, 0.6) is 5.75 Å². The van der Waals surface area contributed by atoms with Crippen LogP contribution in [0.4, 0.5) is 0 Å². The smallest absolute Gasteiger partial charge is 0.251 e. The Hall–Kier alpha value is -4.24. The van der Waals surface area contributed by atoms with Gasteiger partial charge in [-0.3, -0.25) is 9.59 Å². The minimum Gasteiger partial charge on any atom is -0.484 e. The summed E-state index contributed by atoms with van der Waals surface area (Å²) >= 11 is 0. The Morgan fingerprint density at radius 3 is 2.54 bits per heavy atom. The quantitative estimate of drug-likeness (QED) is 0.261. The number of ether oxygens (including phenoxy) is 1. The molecule has 212 valence electrons. The van der Waals surface area contributed by atoms with Crippen LogP contribution in [0.3, 0.4) is 0 Å². The highest BCUT2D eigenvalue weighted by Gasteiger charge is 2.28. The normalized spacial score (nSPS) is 13.8. The fourth-order valence-corrected chi connectivity index (χ4v) is 6.51. The number of hydrogen-bond acceptors (Lipinski definition) is 6. The predicted octanol–water partition coefficient (Wildman–Crippen LogP) is 5.34. The number of sulfone groups is 1. The van der Waals surface area contributed by atoms with E-state index in [2.05, 4.69) is 10.3 Å². The Morgan fingerprint density at radius 2 is 1.83 bits per heavy atom. The number of imidazole rings is 1. The molecule has 4 aromatic rings. The lowest BCUT2D eigenvalue weighted by molar-refractivity contribution is 0.0950. The topological polar surface area (TPSA) is 107 Å². The van der Waals surface area contributed by atoms with Crippen molar-refractivity contribution >= 4 is 21.5 Å². The van der Waals surface area contributed by atoms with Crippen molar-refractivity contribution in [3.63, 3.8) is 0 Å². The monoisotopic (exact) mass is 571 g/mol. The maximum absolute atomic E-state index is 13.7. The first kappa shape index (κ1) is 28.3. The van der Waals surface area contributed by atoms with Crippen LogP contribution in [0, 0.1) is 0 Å². The number of amides is 1. The fourth-order valence-electron chi connectivity index (χ4n) is 5.09. The van der Waals surface area contributed by atoms with Crippen LogP contribution >= 0.6 is 0 Å². The van der Waals surface area contributed by atoms with Crippen molar-refractivity contribution < 1.29 is 22.7 Å². The first-order chi connectivity index (χ1) is 19.9. The van der Waals surface area contributed by atoms with Crippen molar-refractivity contribution in [1.29, 1.82) is 0 Å². The molecule has 41 heavy (non-hydrogen) atoms. The third-order valence-electron chi connectivity index (χ3n) is 7.24. The molecule has 0 radical (unpaired) electrons. The maximum Gasteiger partial charge on any atom is 0.251 e. The van der Waals surface area contributed by atoms with Gasteiger partial charge < -0.3 is 14.6 Å². The van der Waals surface area contributed by atoms with E-state index in [1.807, 2.05) is 48.0 Å². The molecule has 1 amide bonds. The molecule has 9 heteroatoms. The Labute approximate surface area is 240 Å². The molecule has 5 rings (SSSR count). The molecule has 1 aromatic heterocycles. The standard InChI is InChI=1S/C32H33N3O5S/c1-2-17-34-32(37)24-11-13-25(14-12-24)41(38,39)21-28-26-9-6-10-29(36)27(26)15-16-30(28)40-31(20-35-19-18-33-22-35)23-7-4-3-5-8-23/h3-5,7-8,11-16,18-19,22,31H,2,6,9-10,17,20-21H2,1H3,(H,34,37)/t31-/m1/s1. The van der Waals surface area contributed by atoms with Crippen molar-refractivity contribution in [1.82, 2.24) is 14.9 Å². The molecule has 0 unspecified atom stereocenters. The summed E-state index contributed by atoms with van der Waals surface area (Å²) in [5, 5.41) is 2.80. The molecular weight excluding hydrogens is 538 g/mol. The summed E-state index contributed by atoms with van der Waals surface area (Å²) in [6.45, 7) is 2.97. The number of nitrogens with zero attached hydrogens (tertiary/aromatic N) is 2. The number of ketones is 1. The van der Waals surface area contributed by atoms with E-state index in [9.17, 15) is 18.0 Å². The Bertz CT molecular complexity index is 1620. The number of benzene rings is 3. The average Bonchev–Trinajstić information content (AvgIpc) is 3.50. The van der Waals surface area contributed by atoms with Gasteiger partial charge in [0.15, 0.2) is 15.6 Å². The molecule has 0 aliphatic heterocycles. The van der Waals surface area contributed by atoms with Crippen LogP contribution in [0.2, 0.25) is 0 Å². The largest absolute Gasteiger partial charge is 0.484 e. The molecule has 0 saturated heterocycles. The lowest BCUT2D eigenvalue weighted by Crippen LogP contribution is -2.24. The molecule has 0 spiro atoms. The second kappa shape index (κ2) is 12.5. The Balaban J connectivity index is 1.50. The van der Waals surface area contributed by atoms with E-state index < -0.39 is 15.9 Å². The van der Waals surface area contributed by atoms with Crippen LogP contribution in [0.15, 0.2) is 90.3 Å². The van der Waals surface area contributed by atoms with Gasteiger partial charge in [-0.1, -0.05) is 37.3 Å². The highest BCUT2D eigenvalue weighted by Crippen LogP contribution is 2.36. The van der Waals surface area contributed by atoms with Crippen LogP contribution < -0.4 is 10.1 Å². The first-order valence-electron chi connectivity index (χ1n) is 13.8. The summed E-state index contributed by atoms with van der Waals surface area (Å²) in [6.07, 6.45) is 7.32. The van der Waals surface area contributed by atoms with E-state index in [1.165, 1.54) is 24.3 Å². The van der Waals surface area contributed by atoms with E-state index in [0.29, 0.717) is 54.8 Å². The van der Waals surface area contributed by atoms with Crippen molar-refractivity contribution in [2.75, 3.05) is 6.54 Å². The second-order valence-corrected chi connectivity index (χ2v) is 12.2. The third-order valence-corrected chi connectivity index (χ3v) is 8.90. The van der Waals surface area contributed by atoms with Gasteiger partial charge in [0.05, 0.1) is 23.5 Å². The van der Waals surface area contributed by atoms with Crippen LogP contribution in [0.25, 0.3) is 0 Å². The summed E-state index contributed by atoms with van der Waals surface area (Å²) < 4.78 is 36.0. The predicted molar refractivity (Wildman–Crippen MR) is 156 cm³/mol. The lowest BCUT2D eigenvalue weighted by Gasteiger charge is -2.25. The molecule has 1 aliphatic rings. The minimum atomic E-state index is -3.83. The van der Waals surface area contributed by atoms with Crippen molar-refractivity contribution in [3.8, 4) is 5.75 Å². The summed E-state index contributed by atoms with van der Waals surface area (Å²) in [5.74, 6) is -0.123. The SMILES string of the molecule is CCCNC(=O)c1ccc(S(=O)(=O)Cc2c(O[C@H](Cn3ccnc3)c3ccccc3)ccc3c2CCCC3=O)cc1. The van der Waals surface area contributed by atoms with Gasteiger partial charge in [0.1, 0.15) is 11.9 Å². The Morgan fingerprint density at radius 1 is 1.05 bits per heavy atom. The van der Waals surface area contributed by atoms with Gasteiger partial charge in [0, 0.05) is 42.0 Å². The maximum atomic E-state index is 13.7. The van der Waals surface area contributed by atoms with E-state index in [0.717, 1.165) is 17.5 Å². The highest BCUT2D eigenvalue weighted by molar-refractivity contribution is 7.90. The highest BCUT2D eigenvalue weighted by atomic mass is 32.2. The summed E-state index contributed by atoms with van der Waals surface area (Å²) in [6, 6.07) is 19.2. The van der Waals surface area contributed by atoms with E-state index >= 15 is 0 Å². The molecule has 8 nitrogen and oxygen atoms in total. The molecule has 0 fully saturated rings. The summed E-state index contributed by atoms with van der Waals surface area (Å²) in [7, 11) is -3.83. The molecule has 3 aromatic carbocycles. The lowest BCUT2D eigenvalue weighted by atomic mass is 9.87. The molecule has 0 bridgehead atoms. The zero-order valence-corrected chi connectivity index (χ0v) is 23.8. The molecule has 0 saturated carbocycles. The van der Waals surface area contributed by atoms with E-state index in [4.69, 9.17) is 4.74 Å². The van der Waals surface area contributed by atoms with Gasteiger partial charge >= 0.3 is 0 Å². The number of Topliss-reactive ketones (excluding diaryl/α,β-unsaturated/α-hetero) is 1. The van der Waals surface area contributed by atoms with Gasteiger partial charge in [-0.25, -0.2) is 13.4 Å². The van der Waals surface area contributed by atoms with Crippen LogP contribution in [-0.2, 0) is 28.6 Å². The number of aromatic nitrogens is 2. The van der Waals surface area contributed by atoms with Gasteiger partial charge in [0.2, 0.25) is 0 Å². The van der Waals surface area contributed by atoms with Crippen LogP contribution in [-0.4, -0.2) is 36.2 Å². The zero-order valence-electron chi connectivity index (χ0n) is 23.0. The van der Waals surface area contributed by atoms with Crippen molar-refractivity contribution in [2.24, 2.45) is 0 Å². The Kier molecular flexibility index (Phi) is 8.64. The van der Waals surface area contributed by atoms with E-state index in [-0.39, 0.29) is 22.3 Å². The minimum absolute atomic E-state index is 0.0110. The second-order valence-electron chi connectivity index (χ2n) is 10.2.